The van der Waals surface area contributed by atoms with Gasteiger partial charge >= 0.3 is 0 Å². The van der Waals surface area contributed by atoms with E-state index in [1.54, 1.807) is 25.7 Å². The van der Waals surface area contributed by atoms with Gasteiger partial charge in [-0.15, -0.1) is 0 Å². The number of thiocarbonyl (C=S) groups is 1. The molecular formula is C26H24N6O2S. The van der Waals surface area contributed by atoms with E-state index in [4.69, 9.17) is 17.0 Å². The average molecular weight is 485 g/mol. The van der Waals surface area contributed by atoms with Crippen molar-refractivity contribution in [3.63, 3.8) is 0 Å². The molecule has 3 aromatic heterocycles. The van der Waals surface area contributed by atoms with Crippen LogP contribution in [0.1, 0.15) is 30.4 Å². The predicted octanol–water partition coefficient (Wildman–Crippen LogP) is 4.41. The first-order valence-corrected chi connectivity index (χ1v) is 11.5. The summed E-state index contributed by atoms with van der Waals surface area (Å²) in [6.07, 6.45) is 7.35. The number of methoxy groups -OCH3 is 1. The Labute approximate surface area is 208 Å². The van der Waals surface area contributed by atoms with Crippen LogP contribution in [0.25, 0.3) is 5.69 Å². The second-order valence-electron chi connectivity index (χ2n) is 8.07. The van der Waals surface area contributed by atoms with Crippen LogP contribution in [-0.2, 0) is 4.79 Å². The van der Waals surface area contributed by atoms with E-state index in [1.807, 2.05) is 60.8 Å². The summed E-state index contributed by atoms with van der Waals surface area (Å²) < 4.78 is 7.58. The Bertz CT molecular complexity index is 1360. The van der Waals surface area contributed by atoms with Gasteiger partial charge in [-0.25, -0.2) is 0 Å². The zero-order chi connectivity index (χ0) is 24.4. The van der Waals surface area contributed by atoms with Crippen LogP contribution in [0.5, 0.6) is 5.75 Å². The second kappa shape index (κ2) is 9.55. The molecule has 2 N–H and O–H groups in total. The molecule has 0 radical (unpaired) electrons. The molecule has 1 aromatic carbocycles. The fourth-order valence-electron chi connectivity index (χ4n) is 4.44. The van der Waals surface area contributed by atoms with E-state index in [1.165, 1.54) is 6.92 Å². The number of amides is 1. The average Bonchev–Trinajstić information content (AvgIpc) is 3.49. The normalized spacial score (nSPS) is 17.2. The molecule has 1 aliphatic heterocycles. The van der Waals surface area contributed by atoms with E-state index in [2.05, 4.69) is 36.1 Å². The fraction of sp³-hybridized carbons (Fsp3) is 0.154. The van der Waals surface area contributed by atoms with Crippen molar-refractivity contribution < 1.29 is 9.53 Å². The number of aromatic nitrogens is 3. The van der Waals surface area contributed by atoms with Crippen molar-refractivity contribution in [3.8, 4) is 11.4 Å². The van der Waals surface area contributed by atoms with Gasteiger partial charge in [0.1, 0.15) is 11.8 Å². The number of rotatable bonds is 6. The summed E-state index contributed by atoms with van der Waals surface area (Å²) in [6.45, 7) is 1.47. The van der Waals surface area contributed by atoms with Crippen molar-refractivity contribution >= 4 is 34.6 Å². The lowest BCUT2D eigenvalue weighted by Gasteiger charge is -2.29. The Hall–Kier alpha value is -4.24. The third-order valence-corrected chi connectivity index (χ3v) is 6.21. The molecule has 9 heteroatoms. The molecule has 0 bridgehead atoms. The van der Waals surface area contributed by atoms with Gasteiger partial charge in [0.2, 0.25) is 5.91 Å². The van der Waals surface area contributed by atoms with Crippen LogP contribution in [0.3, 0.4) is 0 Å². The fourth-order valence-corrected chi connectivity index (χ4v) is 4.79. The molecular weight excluding hydrogens is 460 g/mol. The van der Waals surface area contributed by atoms with Gasteiger partial charge in [0.25, 0.3) is 0 Å². The highest BCUT2D eigenvalue weighted by Crippen LogP contribution is 2.43. The van der Waals surface area contributed by atoms with E-state index >= 15 is 0 Å². The number of benzene rings is 1. The zero-order valence-electron chi connectivity index (χ0n) is 19.3. The molecule has 4 heterocycles. The molecule has 1 fully saturated rings. The van der Waals surface area contributed by atoms with Crippen molar-refractivity contribution in [3.05, 3.63) is 96.8 Å². The van der Waals surface area contributed by atoms with Gasteiger partial charge in [-0.1, -0.05) is 6.07 Å². The monoisotopic (exact) mass is 484 g/mol. The summed E-state index contributed by atoms with van der Waals surface area (Å²) in [5.41, 5.74) is 4.28. The van der Waals surface area contributed by atoms with Crippen LogP contribution in [-0.4, -0.2) is 32.7 Å². The van der Waals surface area contributed by atoms with Gasteiger partial charge in [-0.2, -0.15) is 0 Å². The molecule has 0 aliphatic carbocycles. The molecule has 176 valence electrons. The minimum atomic E-state index is -0.223. The van der Waals surface area contributed by atoms with Gasteiger partial charge in [0.05, 0.1) is 24.5 Å². The zero-order valence-corrected chi connectivity index (χ0v) is 20.1. The molecule has 35 heavy (non-hydrogen) atoms. The number of carbonyl (C=O) groups excluding carboxylic acids is 1. The van der Waals surface area contributed by atoms with Gasteiger partial charge < -0.3 is 24.8 Å². The van der Waals surface area contributed by atoms with Crippen LogP contribution in [0.15, 0.2) is 85.5 Å². The maximum Gasteiger partial charge on any atom is 0.221 e. The molecule has 0 spiro atoms. The van der Waals surface area contributed by atoms with Crippen molar-refractivity contribution in [2.45, 2.75) is 19.0 Å². The first kappa shape index (κ1) is 22.5. The Morgan fingerprint density at radius 1 is 1.06 bits per heavy atom. The van der Waals surface area contributed by atoms with Crippen molar-refractivity contribution in [1.29, 1.82) is 0 Å². The lowest BCUT2D eigenvalue weighted by Crippen LogP contribution is -2.30. The quantitative estimate of drug-likeness (QED) is 0.392. The van der Waals surface area contributed by atoms with Gasteiger partial charge in [0.15, 0.2) is 5.11 Å². The molecule has 1 amide bonds. The second-order valence-corrected chi connectivity index (χ2v) is 8.46. The summed E-state index contributed by atoms with van der Waals surface area (Å²) >= 11 is 5.85. The van der Waals surface area contributed by atoms with Crippen molar-refractivity contribution in [2.75, 3.05) is 17.3 Å². The maximum absolute atomic E-state index is 11.8. The largest absolute Gasteiger partial charge is 0.495 e. The highest BCUT2D eigenvalue weighted by atomic mass is 32.1. The summed E-state index contributed by atoms with van der Waals surface area (Å²) in [6, 6.07) is 19.1. The molecule has 0 unspecified atom stereocenters. The predicted molar refractivity (Wildman–Crippen MR) is 139 cm³/mol. The first-order chi connectivity index (χ1) is 17.1. The first-order valence-electron chi connectivity index (χ1n) is 11.1. The molecule has 4 aromatic rings. The van der Waals surface area contributed by atoms with E-state index in [0.29, 0.717) is 16.5 Å². The number of hydrogen-bond donors (Lipinski definition) is 2. The molecule has 2 atom stereocenters. The van der Waals surface area contributed by atoms with E-state index in [0.717, 1.165) is 22.8 Å². The lowest BCUT2D eigenvalue weighted by molar-refractivity contribution is -0.114. The number of carbonyl (C=O) groups is 1. The number of anilines is 2. The van der Waals surface area contributed by atoms with Crippen molar-refractivity contribution in [2.24, 2.45) is 0 Å². The van der Waals surface area contributed by atoms with Crippen LogP contribution in [0.2, 0.25) is 0 Å². The van der Waals surface area contributed by atoms with Crippen LogP contribution in [0, 0.1) is 0 Å². The van der Waals surface area contributed by atoms with E-state index < -0.39 is 0 Å². The minimum absolute atomic E-state index is 0.183. The molecule has 5 rings (SSSR count). The van der Waals surface area contributed by atoms with Crippen molar-refractivity contribution in [1.82, 2.24) is 19.9 Å². The maximum atomic E-state index is 11.8. The number of pyridine rings is 2. The Kier molecular flexibility index (Phi) is 6.15. The smallest absolute Gasteiger partial charge is 0.221 e. The summed E-state index contributed by atoms with van der Waals surface area (Å²) in [7, 11) is 1.57. The summed E-state index contributed by atoms with van der Waals surface area (Å²) in [5, 5.41) is 6.89. The van der Waals surface area contributed by atoms with E-state index in [-0.39, 0.29) is 18.0 Å². The number of nitrogens with zero attached hydrogens (tertiary/aromatic N) is 4. The van der Waals surface area contributed by atoms with Crippen LogP contribution < -0.4 is 20.3 Å². The number of ether oxygens (including phenoxy) is 1. The minimum Gasteiger partial charge on any atom is -0.495 e. The number of nitrogens with one attached hydrogen (secondary N) is 2. The molecule has 0 saturated carbocycles. The SMILES string of the molecule is COc1ccc(N2C(=S)N[C@H](c3ccccn3)[C@@H]2c2cccn2-c2ccncc2)cc1NC(C)=O. The topological polar surface area (TPSA) is 84.3 Å². The standard InChI is InChI=1S/C26H24N6O2S/c1-17(33)29-21-16-19(8-9-23(21)34-2)32-25(24(30-26(32)35)20-6-3-4-12-28-20)22-7-5-15-31(22)18-10-13-27-14-11-18/h3-16,24-25H,1-2H3,(H,29,33)(H,30,35)/t24-,25+/m1/s1. The van der Waals surface area contributed by atoms with Gasteiger partial charge in [-0.05, 0) is 66.8 Å². The molecule has 1 aliphatic rings. The van der Waals surface area contributed by atoms with Crippen LogP contribution >= 0.6 is 12.2 Å². The Balaban J connectivity index is 1.66. The highest BCUT2D eigenvalue weighted by molar-refractivity contribution is 7.80. The third-order valence-electron chi connectivity index (χ3n) is 5.89. The van der Waals surface area contributed by atoms with E-state index in [9.17, 15) is 4.79 Å². The third kappa shape index (κ3) is 4.33. The van der Waals surface area contributed by atoms with Gasteiger partial charge in [-0.3, -0.25) is 14.8 Å². The van der Waals surface area contributed by atoms with Crippen LogP contribution in [0.4, 0.5) is 11.4 Å². The van der Waals surface area contributed by atoms with Gasteiger partial charge in [0, 0.05) is 48.8 Å². The Morgan fingerprint density at radius 2 is 1.89 bits per heavy atom. The summed E-state index contributed by atoms with van der Waals surface area (Å²) in [4.78, 5) is 22.7. The highest BCUT2D eigenvalue weighted by Gasteiger charge is 2.42. The molecule has 1 saturated heterocycles. The lowest BCUT2D eigenvalue weighted by atomic mass is 10.0. The number of hydrogen-bond acceptors (Lipinski definition) is 5. The summed E-state index contributed by atoms with van der Waals surface area (Å²) in [5.74, 6) is 0.386. The molecule has 8 nitrogen and oxygen atoms in total. The Morgan fingerprint density at radius 3 is 2.60 bits per heavy atom.